The van der Waals surface area contributed by atoms with E-state index in [-0.39, 0.29) is 11.7 Å². The Morgan fingerprint density at radius 3 is 3.00 bits per heavy atom. The zero-order chi connectivity index (χ0) is 13.7. The third kappa shape index (κ3) is 3.54. The highest BCUT2D eigenvalue weighted by Crippen LogP contribution is 2.10. The van der Waals surface area contributed by atoms with E-state index in [2.05, 4.69) is 15.3 Å². The van der Waals surface area contributed by atoms with Gasteiger partial charge in [0, 0.05) is 5.69 Å². The topological polar surface area (TPSA) is 77.2 Å². The van der Waals surface area contributed by atoms with Gasteiger partial charge in [0.25, 0.3) is 6.01 Å². The molecule has 0 spiro atoms. The van der Waals surface area contributed by atoms with Crippen molar-refractivity contribution in [3.05, 3.63) is 41.5 Å². The molecule has 2 heterocycles. The first-order valence-electron chi connectivity index (χ1n) is 5.98. The number of rotatable bonds is 5. The lowest BCUT2D eigenvalue weighted by atomic mass is 10.3. The third-order valence-corrected chi connectivity index (χ3v) is 2.36. The maximum absolute atomic E-state index is 11.4. The van der Waals surface area contributed by atoms with Crippen LogP contribution in [0, 0.1) is 6.92 Å². The van der Waals surface area contributed by atoms with E-state index >= 15 is 0 Å². The molecule has 2 aromatic heterocycles. The van der Waals surface area contributed by atoms with Gasteiger partial charge in [-0.1, -0.05) is 6.07 Å². The summed E-state index contributed by atoms with van der Waals surface area (Å²) in [6.45, 7) is 4.44. The standard InChI is InChI=1S/C13H15N3O3/c1-3-18-12(17)11-8-19-13(16-11)14-7-10-6-4-5-9(2)15-10/h4-6,8H,3,7H2,1-2H3,(H,14,16). The van der Waals surface area contributed by atoms with Gasteiger partial charge in [-0.25, -0.2) is 4.79 Å². The number of nitrogens with one attached hydrogen (secondary N) is 1. The molecule has 0 radical (unpaired) electrons. The Morgan fingerprint density at radius 2 is 2.26 bits per heavy atom. The van der Waals surface area contributed by atoms with E-state index in [1.54, 1.807) is 6.92 Å². The maximum atomic E-state index is 11.4. The number of carbonyl (C=O) groups is 1. The molecule has 100 valence electrons. The van der Waals surface area contributed by atoms with Crippen LogP contribution in [0.25, 0.3) is 0 Å². The van der Waals surface area contributed by atoms with Gasteiger partial charge in [0.15, 0.2) is 5.69 Å². The summed E-state index contributed by atoms with van der Waals surface area (Å²) in [5.74, 6) is -0.493. The van der Waals surface area contributed by atoms with Crippen molar-refractivity contribution in [2.75, 3.05) is 11.9 Å². The van der Waals surface area contributed by atoms with Crippen LogP contribution in [-0.4, -0.2) is 22.5 Å². The van der Waals surface area contributed by atoms with Gasteiger partial charge in [0.05, 0.1) is 18.8 Å². The van der Waals surface area contributed by atoms with Crippen LogP contribution in [0.5, 0.6) is 0 Å². The van der Waals surface area contributed by atoms with Gasteiger partial charge in [0.2, 0.25) is 0 Å². The first-order valence-corrected chi connectivity index (χ1v) is 5.98. The molecule has 0 bridgehead atoms. The number of oxazole rings is 1. The zero-order valence-electron chi connectivity index (χ0n) is 10.8. The average molecular weight is 261 g/mol. The molecule has 0 aromatic carbocycles. The Hall–Kier alpha value is -2.37. The summed E-state index contributed by atoms with van der Waals surface area (Å²) in [5.41, 5.74) is 1.97. The Bertz CT molecular complexity index is 566. The highest BCUT2D eigenvalue weighted by atomic mass is 16.5. The molecule has 2 rings (SSSR count). The molecule has 6 heteroatoms. The van der Waals surface area contributed by atoms with Crippen LogP contribution in [0.2, 0.25) is 0 Å². The van der Waals surface area contributed by atoms with Crippen LogP contribution in [-0.2, 0) is 11.3 Å². The lowest BCUT2D eigenvalue weighted by molar-refractivity contribution is 0.0519. The number of pyridine rings is 1. The van der Waals surface area contributed by atoms with Crippen molar-refractivity contribution >= 4 is 12.0 Å². The van der Waals surface area contributed by atoms with E-state index in [0.717, 1.165) is 11.4 Å². The van der Waals surface area contributed by atoms with Crippen molar-refractivity contribution in [1.29, 1.82) is 0 Å². The van der Waals surface area contributed by atoms with E-state index in [4.69, 9.17) is 9.15 Å². The van der Waals surface area contributed by atoms with Crippen molar-refractivity contribution in [2.45, 2.75) is 20.4 Å². The minimum atomic E-state index is -0.493. The molecule has 0 unspecified atom stereocenters. The second kappa shape index (κ2) is 5.99. The summed E-state index contributed by atoms with van der Waals surface area (Å²) >= 11 is 0. The number of anilines is 1. The molecule has 0 saturated carbocycles. The van der Waals surface area contributed by atoms with Gasteiger partial charge < -0.3 is 14.5 Å². The second-order valence-corrected chi connectivity index (χ2v) is 3.88. The Balaban J connectivity index is 1.95. The molecule has 0 fully saturated rings. The minimum absolute atomic E-state index is 0.154. The van der Waals surface area contributed by atoms with Crippen molar-refractivity contribution in [1.82, 2.24) is 9.97 Å². The summed E-state index contributed by atoms with van der Waals surface area (Å²) in [4.78, 5) is 19.7. The second-order valence-electron chi connectivity index (χ2n) is 3.88. The first kappa shape index (κ1) is 13.1. The predicted octanol–water partition coefficient (Wildman–Crippen LogP) is 2.17. The summed E-state index contributed by atoms with van der Waals surface area (Å²) in [6, 6.07) is 6.02. The Labute approximate surface area is 110 Å². The molecule has 0 aliphatic heterocycles. The van der Waals surface area contributed by atoms with E-state index in [1.807, 2.05) is 25.1 Å². The Morgan fingerprint density at radius 1 is 1.42 bits per heavy atom. The fourth-order valence-corrected chi connectivity index (χ4v) is 1.52. The van der Waals surface area contributed by atoms with Gasteiger partial charge in [-0.2, -0.15) is 4.98 Å². The van der Waals surface area contributed by atoms with Crippen LogP contribution in [0.15, 0.2) is 28.9 Å². The van der Waals surface area contributed by atoms with Crippen LogP contribution in [0.3, 0.4) is 0 Å². The minimum Gasteiger partial charge on any atom is -0.461 e. The highest BCUT2D eigenvalue weighted by Gasteiger charge is 2.12. The zero-order valence-corrected chi connectivity index (χ0v) is 10.8. The van der Waals surface area contributed by atoms with Gasteiger partial charge in [-0.3, -0.25) is 4.98 Å². The summed E-state index contributed by atoms with van der Waals surface area (Å²) in [5, 5.41) is 2.96. The highest BCUT2D eigenvalue weighted by molar-refractivity contribution is 5.87. The molecule has 0 aliphatic rings. The van der Waals surface area contributed by atoms with E-state index < -0.39 is 5.97 Å². The van der Waals surface area contributed by atoms with E-state index in [0.29, 0.717) is 13.2 Å². The van der Waals surface area contributed by atoms with E-state index in [1.165, 1.54) is 6.26 Å². The van der Waals surface area contributed by atoms with Crippen LogP contribution in [0.1, 0.15) is 28.8 Å². The summed E-state index contributed by atoms with van der Waals surface area (Å²) in [7, 11) is 0. The molecule has 1 N–H and O–H groups in total. The number of esters is 1. The quantitative estimate of drug-likeness (QED) is 0.831. The van der Waals surface area contributed by atoms with E-state index in [9.17, 15) is 4.79 Å². The SMILES string of the molecule is CCOC(=O)c1coc(NCc2cccc(C)n2)n1. The van der Waals surface area contributed by atoms with Gasteiger partial charge in [-0.15, -0.1) is 0 Å². The maximum Gasteiger partial charge on any atom is 0.360 e. The van der Waals surface area contributed by atoms with Crippen LogP contribution in [0.4, 0.5) is 6.01 Å². The number of carbonyl (C=O) groups excluding carboxylic acids is 1. The number of hydrogen-bond acceptors (Lipinski definition) is 6. The number of aromatic nitrogens is 2. The molecule has 2 aromatic rings. The van der Waals surface area contributed by atoms with Crippen molar-refractivity contribution < 1.29 is 13.9 Å². The lowest BCUT2D eigenvalue weighted by Gasteiger charge is -2.01. The molecule has 0 atom stereocenters. The molecule has 0 aliphatic carbocycles. The van der Waals surface area contributed by atoms with Crippen molar-refractivity contribution in [3.63, 3.8) is 0 Å². The van der Waals surface area contributed by atoms with Gasteiger partial charge >= 0.3 is 5.97 Å². The first-order chi connectivity index (χ1) is 9.19. The van der Waals surface area contributed by atoms with Crippen molar-refractivity contribution in [3.8, 4) is 0 Å². The lowest BCUT2D eigenvalue weighted by Crippen LogP contribution is -2.06. The third-order valence-electron chi connectivity index (χ3n) is 2.36. The monoisotopic (exact) mass is 261 g/mol. The summed E-state index contributed by atoms with van der Waals surface area (Å²) in [6.07, 6.45) is 1.27. The molecule has 19 heavy (non-hydrogen) atoms. The fraction of sp³-hybridized carbons (Fsp3) is 0.308. The van der Waals surface area contributed by atoms with Crippen molar-refractivity contribution in [2.24, 2.45) is 0 Å². The number of aryl methyl sites for hydroxylation is 1. The molecular formula is C13H15N3O3. The number of ether oxygens (including phenoxy) is 1. The number of nitrogens with zero attached hydrogens (tertiary/aromatic N) is 2. The Kier molecular flexibility index (Phi) is 4.12. The normalized spacial score (nSPS) is 10.2. The average Bonchev–Trinajstić information content (AvgIpc) is 2.86. The fourth-order valence-electron chi connectivity index (χ4n) is 1.52. The molecular weight excluding hydrogens is 246 g/mol. The number of hydrogen-bond donors (Lipinski definition) is 1. The van der Waals surface area contributed by atoms with Crippen LogP contribution >= 0.6 is 0 Å². The van der Waals surface area contributed by atoms with Crippen LogP contribution < -0.4 is 5.32 Å². The van der Waals surface area contributed by atoms with Gasteiger partial charge in [-0.05, 0) is 26.0 Å². The molecule has 0 amide bonds. The summed E-state index contributed by atoms with van der Waals surface area (Å²) < 4.78 is 9.95. The smallest absolute Gasteiger partial charge is 0.360 e. The molecule has 0 saturated heterocycles. The predicted molar refractivity (Wildman–Crippen MR) is 68.8 cm³/mol. The molecule has 6 nitrogen and oxygen atoms in total. The van der Waals surface area contributed by atoms with Gasteiger partial charge in [0.1, 0.15) is 6.26 Å². The largest absolute Gasteiger partial charge is 0.461 e.